The van der Waals surface area contributed by atoms with Crippen molar-refractivity contribution in [1.82, 2.24) is 14.7 Å². The maximum atomic E-state index is 5.77. The highest BCUT2D eigenvalue weighted by atomic mass is 32.1. The highest BCUT2D eigenvalue weighted by Gasteiger charge is 2.22. The van der Waals surface area contributed by atoms with Gasteiger partial charge in [-0.1, -0.05) is 26.1 Å². The highest BCUT2D eigenvalue weighted by Crippen LogP contribution is 2.22. The Balaban J connectivity index is 2.15. The van der Waals surface area contributed by atoms with Crippen LogP contribution >= 0.6 is 12.2 Å². The summed E-state index contributed by atoms with van der Waals surface area (Å²) in [5.41, 5.74) is 5.78. The molecule has 0 amide bonds. The lowest BCUT2D eigenvalue weighted by Crippen LogP contribution is -2.48. The zero-order chi connectivity index (χ0) is 15.2. The molecule has 4 nitrogen and oxygen atoms in total. The summed E-state index contributed by atoms with van der Waals surface area (Å²) in [5.74, 6) is 0. The molecule has 118 valence electrons. The van der Waals surface area contributed by atoms with Crippen LogP contribution in [0.5, 0.6) is 0 Å². The standard InChI is InChI=1S/C15H32N4S/c1-15(2,14(16)20)6-5-7-18-10-12-19(13-11-18)9-8-17(3)4/h5-13H2,1-4H3,(H2,16,20). The molecule has 1 fully saturated rings. The second-order valence-electron chi connectivity index (χ2n) is 6.84. The van der Waals surface area contributed by atoms with Crippen LogP contribution < -0.4 is 5.73 Å². The number of piperazine rings is 1. The van der Waals surface area contributed by atoms with E-state index >= 15 is 0 Å². The second kappa shape index (κ2) is 8.27. The minimum absolute atomic E-state index is 0.00284. The fourth-order valence-corrected chi connectivity index (χ4v) is 2.55. The lowest BCUT2D eigenvalue weighted by atomic mass is 9.88. The van der Waals surface area contributed by atoms with E-state index in [1.165, 1.54) is 45.7 Å². The summed E-state index contributed by atoms with van der Waals surface area (Å²) < 4.78 is 0. The molecule has 1 aliphatic heterocycles. The molecule has 1 saturated heterocycles. The van der Waals surface area contributed by atoms with E-state index in [2.05, 4.69) is 42.6 Å². The topological polar surface area (TPSA) is 35.7 Å². The van der Waals surface area contributed by atoms with Gasteiger partial charge in [0.1, 0.15) is 0 Å². The van der Waals surface area contributed by atoms with Crippen molar-refractivity contribution in [3.05, 3.63) is 0 Å². The van der Waals surface area contributed by atoms with Gasteiger partial charge in [-0.25, -0.2) is 0 Å². The molecule has 2 N–H and O–H groups in total. The third-order valence-electron chi connectivity index (χ3n) is 4.27. The lowest BCUT2D eigenvalue weighted by Gasteiger charge is -2.35. The lowest BCUT2D eigenvalue weighted by molar-refractivity contribution is 0.122. The zero-order valence-electron chi connectivity index (χ0n) is 13.7. The van der Waals surface area contributed by atoms with Crippen LogP contribution in [0.25, 0.3) is 0 Å². The van der Waals surface area contributed by atoms with E-state index in [4.69, 9.17) is 18.0 Å². The number of nitrogens with zero attached hydrogens (tertiary/aromatic N) is 3. The van der Waals surface area contributed by atoms with E-state index in [0.29, 0.717) is 4.99 Å². The van der Waals surface area contributed by atoms with Crippen molar-refractivity contribution in [1.29, 1.82) is 0 Å². The summed E-state index contributed by atoms with van der Waals surface area (Å²) in [4.78, 5) is 8.03. The summed E-state index contributed by atoms with van der Waals surface area (Å²) in [5, 5.41) is 0. The number of nitrogens with two attached hydrogens (primary N) is 1. The fraction of sp³-hybridized carbons (Fsp3) is 0.933. The Bertz CT molecular complexity index is 296. The van der Waals surface area contributed by atoms with Gasteiger partial charge in [0.15, 0.2) is 0 Å². The van der Waals surface area contributed by atoms with Crippen molar-refractivity contribution in [3.8, 4) is 0 Å². The number of hydrogen-bond donors (Lipinski definition) is 1. The largest absolute Gasteiger partial charge is 0.393 e. The molecule has 1 heterocycles. The van der Waals surface area contributed by atoms with Crippen molar-refractivity contribution in [2.75, 3.05) is 59.9 Å². The first-order valence-corrected chi connectivity index (χ1v) is 8.11. The van der Waals surface area contributed by atoms with Crippen LogP contribution in [0.2, 0.25) is 0 Å². The van der Waals surface area contributed by atoms with Crippen molar-refractivity contribution >= 4 is 17.2 Å². The van der Waals surface area contributed by atoms with Crippen LogP contribution in [-0.2, 0) is 0 Å². The van der Waals surface area contributed by atoms with Gasteiger partial charge in [-0.2, -0.15) is 0 Å². The Morgan fingerprint density at radius 3 is 2.05 bits per heavy atom. The first-order chi connectivity index (χ1) is 9.31. The van der Waals surface area contributed by atoms with Gasteiger partial charge in [0, 0.05) is 44.7 Å². The number of likely N-dealkylation sites (N-methyl/N-ethyl adjacent to an activating group) is 1. The van der Waals surface area contributed by atoms with Gasteiger partial charge in [0.25, 0.3) is 0 Å². The molecule has 1 aliphatic rings. The first kappa shape index (κ1) is 17.8. The summed E-state index contributed by atoms with van der Waals surface area (Å²) in [6.07, 6.45) is 2.27. The average molecular weight is 301 g/mol. The molecule has 20 heavy (non-hydrogen) atoms. The van der Waals surface area contributed by atoms with Crippen LogP contribution in [0, 0.1) is 5.41 Å². The SMILES string of the molecule is CN(C)CCN1CCN(CCCC(C)(C)C(N)=S)CC1. The molecule has 0 aromatic carbocycles. The third kappa shape index (κ3) is 6.48. The van der Waals surface area contributed by atoms with Gasteiger partial charge in [-0.05, 0) is 33.5 Å². The minimum Gasteiger partial charge on any atom is -0.393 e. The van der Waals surface area contributed by atoms with Crippen molar-refractivity contribution in [2.24, 2.45) is 11.1 Å². The molecular formula is C15H32N4S. The summed E-state index contributed by atoms with van der Waals surface area (Å²) in [7, 11) is 4.28. The molecule has 0 aromatic rings. The smallest absolute Gasteiger partial charge is 0.0784 e. The van der Waals surface area contributed by atoms with Crippen molar-refractivity contribution < 1.29 is 0 Å². The van der Waals surface area contributed by atoms with E-state index in [9.17, 15) is 0 Å². The van der Waals surface area contributed by atoms with Crippen LogP contribution in [0.1, 0.15) is 26.7 Å². The zero-order valence-corrected chi connectivity index (χ0v) is 14.5. The van der Waals surface area contributed by atoms with Gasteiger partial charge < -0.3 is 15.5 Å². The quantitative estimate of drug-likeness (QED) is 0.683. The molecule has 0 aromatic heterocycles. The number of rotatable bonds is 8. The highest BCUT2D eigenvalue weighted by molar-refractivity contribution is 7.80. The Labute approximate surface area is 130 Å². The number of hydrogen-bond acceptors (Lipinski definition) is 4. The summed E-state index contributed by atoms with van der Waals surface area (Å²) >= 11 is 5.12. The second-order valence-corrected chi connectivity index (χ2v) is 7.28. The van der Waals surface area contributed by atoms with Crippen molar-refractivity contribution in [2.45, 2.75) is 26.7 Å². The monoisotopic (exact) mass is 300 g/mol. The molecule has 0 bridgehead atoms. The van der Waals surface area contributed by atoms with Gasteiger partial charge in [-0.3, -0.25) is 4.90 Å². The molecule has 0 spiro atoms. The Morgan fingerprint density at radius 1 is 1.10 bits per heavy atom. The molecule has 0 aliphatic carbocycles. The maximum Gasteiger partial charge on any atom is 0.0784 e. The number of thiocarbonyl (C=S) groups is 1. The van der Waals surface area contributed by atoms with E-state index in [1.807, 2.05) is 0 Å². The molecule has 5 heteroatoms. The summed E-state index contributed by atoms with van der Waals surface area (Å²) in [6.45, 7) is 12.6. The average Bonchev–Trinajstić information content (AvgIpc) is 2.37. The van der Waals surface area contributed by atoms with E-state index in [0.717, 1.165) is 13.0 Å². The fourth-order valence-electron chi connectivity index (χ4n) is 2.45. The van der Waals surface area contributed by atoms with Gasteiger partial charge >= 0.3 is 0 Å². The van der Waals surface area contributed by atoms with Crippen molar-refractivity contribution in [3.63, 3.8) is 0 Å². The Kier molecular flexibility index (Phi) is 7.37. The molecule has 1 rings (SSSR count). The predicted octanol–water partition coefficient (Wildman–Crippen LogP) is 1.26. The predicted molar refractivity (Wildman–Crippen MR) is 91.2 cm³/mol. The van der Waals surface area contributed by atoms with Crippen LogP contribution in [0.4, 0.5) is 0 Å². The third-order valence-corrected chi connectivity index (χ3v) is 4.82. The molecule has 0 saturated carbocycles. The minimum atomic E-state index is 0.00284. The van der Waals surface area contributed by atoms with E-state index in [1.54, 1.807) is 0 Å². The van der Waals surface area contributed by atoms with E-state index < -0.39 is 0 Å². The molecule has 0 unspecified atom stereocenters. The van der Waals surface area contributed by atoms with E-state index in [-0.39, 0.29) is 5.41 Å². The van der Waals surface area contributed by atoms with Gasteiger partial charge in [0.05, 0.1) is 4.99 Å². The first-order valence-electron chi connectivity index (χ1n) is 7.70. The Morgan fingerprint density at radius 2 is 1.60 bits per heavy atom. The van der Waals surface area contributed by atoms with Crippen LogP contribution in [0.15, 0.2) is 0 Å². The molecular weight excluding hydrogens is 268 g/mol. The summed E-state index contributed by atoms with van der Waals surface area (Å²) in [6, 6.07) is 0. The van der Waals surface area contributed by atoms with Crippen LogP contribution in [-0.4, -0.2) is 79.6 Å². The van der Waals surface area contributed by atoms with Gasteiger partial charge in [-0.15, -0.1) is 0 Å². The molecule has 0 radical (unpaired) electrons. The van der Waals surface area contributed by atoms with Gasteiger partial charge in [0.2, 0.25) is 0 Å². The molecule has 0 atom stereocenters. The normalized spacial score (nSPS) is 18.6. The van der Waals surface area contributed by atoms with Crippen LogP contribution in [0.3, 0.4) is 0 Å². The maximum absolute atomic E-state index is 5.77. The Hall–Kier alpha value is -0.230.